The summed E-state index contributed by atoms with van der Waals surface area (Å²) in [6.45, 7) is 5.93. The minimum atomic E-state index is -0.854. The molecule has 0 saturated carbocycles. The van der Waals surface area contributed by atoms with Crippen LogP contribution in [-0.2, 0) is 19.2 Å². The number of hydrogen-bond acceptors (Lipinski definition) is 4. The highest BCUT2D eigenvalue weighted by Crippen LogP contribution is 2.19. The number of carbonyl (C=O) groups is 4. The van der Waals surface area contributed by atoms with Crippen molar-refractivity contribution in [3.63, 3.8) is 0 Å². The first kappa shape index (κ1) is 14.3. The Labute approximate surface area is 106 Å². The number of nitrogens with zero attached hydrogens (tertiary/aromatic N) is 2. The van der Waals surface area contributed by atoms with Crippen LogP contribution in [0.25, 0.3) is 0 Å². The molecule has 6 nitrogen and oxygen atoms in total. The van der Waals surface area contributed by atoms with E-state index in [2.05, 4.69) is 0 Å². The van der Waals surface area contributed by atoms with Crippen molar-refractivity contribution < 1.29 is 19.2 Å². The maximum absolute atomic E-state index is 12.1. The van der Waals surface area contributed by atoms with E-state index in [1.54, 1.807) is 0 Å². The van der Waals surface area contributed by atoms with E-state index >= 15 is 0 Å². The molecule has 1 aliphatic rings. The van der Waals surface area contributed by atoms with Gasteiger partial charge in [-0.3, -0.25) is 29.0 Å². The second-order valence-corrected chi connectivity index (χ2v) is 4.87. The van der Waals surface area contributed by atoms with Gasteiger partial charge in [0.15, 0.2) is 0 Å². The van der Waals surface area contributed by atoms with Gasteiger partial charge in [-0.2, -0.15) is 0 Å². The van der Waals surface area contributed by atoms with Crippen molar-refractivity contribution in [2.75, 3.05) is 6.54 Å². The van der Waals surface area contributed by atoms with Crippen molar-refractivity contribution in [2.24, 2.45) is 5.92 Å². The summed E-state index contributed by atoms with van der Waals surface area (Å²) in [5.74, 6) is -1.75. The molecule has 6 heteroatoms. The average molecular weight is 254 g/mol. The molecule has 1 atom stereocenters. The number of amides is 4. The lowest BCUT2D eigenvalue weighted by Crippen LogP contribution is -2.62. The fraction of sp³-hybridized carbons (Fsp3) is 0.667. The molecule has 0 aromatic carbocycles. The summed E-state index contributed by atoms with van der Waals surface area (Å²) < 4.78 is 0. The van der Waals surface area contributed by atoms with Crippen LogP contribution in [0.4, 0.5) is 0 Å². The van der Waals surface area contributed by atoms with Crippen LogP contribution in [0.1, 0.15) is 34.1 Å². The molecule has 4 amide bonds. The standard InChI is InChI=1S/C12H18N2O4/c1-7(2)5-10-12(18)13(8(3)15)6-11(17)14(10)9(4)16/h7,10H,5-6H2,1-4H3/t10-/m1/s1. The first-order valence-corrected chi connectivity index (χ1v) is 5.90. The van der Waals surface area contributed by atoms with E-state index in [-0.39, 0.29) is 12.5 Å². The fourth-order valence-electron chi connectivity index (χ4n) is 2.07. The molecule has 0 aromatic heterocycles. The summed E-state index contributed by atoms with van der Waals surface area (Å²) in [6, 6.07) is -0.854. The highest BCUT2D eigenvalue weighted by Gasteiger charge is 2.42. The summed E-state index contributed by atoms with van der Waals surface area (Å²) in [5, 5.41) is 0. The first-order valence-electron chi connectivity index (χ1n) is 5.90. The Morgan fingerprint density at radius 3 is 2.17 bits per heavy atom. The Bertz CT molecular complexity index is 403. The maximum atomic E-state index is 12.1. The van der Waals surface area contributed by atoms with Crippen molar-refractivity contribution in [1.29, 1.82) is 0 Å². The van der Waals surface area contributed by atoms with E-state index in [4.69, 9.17) is 0 Å². The second-order valence-electron chi connectivity index (χ2n) is 4.87. The van der Waals surface area contributed by atoms with Crippen LogP contribution < -0.4 is 0 Å². The minimum absolute atomic E-state index is 0.139. The molecule has 0 aromatic rings. The SMILES string of the molecule is CC(=O)N1CC(=O)N(C(C)=O)[C@H](CC(C)C)C1=O. The lowest BCUT2D eigenvalue weighted by atomic mass is 9.99. The van der Waals surface area contributed by atoms with Crippen LogP contribution in [-0.4, -0.2) is 46.0 Å². The monoisotopic (exact) mass is 254 g/mol. The summed E-state index contributed by atoms with van der Waals surface area (Å²) >= 11 is 0. The number of imide groups is 2. The summed E-state index contributed by atoms with van der Waals surface area (Å²) in [7, 11) is 0. The van der Waals surface area contributed by atoms with Gasteiger partial charge in [0.25, 0.3) is 5.91 Å². The number of rotatable bonds is 2. The van der Waals surface area contributed by atoms with E-state index in [1.807, 2.05) is 13.8 Å². The zero-order valence-corrected chi connectivity index (χ0v) is 11.1. The third kappa shape index (κ3) is 2.75. The van der Waals surface area contributed by atoms with E-state index in [9.17, 15) is 19.2 Å². The van der Waals surface area contributed by atoms with Gasteiger partial charge in [-0.05, 0) is 12.3 Å². The zero-order chi connectivity index (χ0) is 14.0. The van der Waals surface area contributed by atoms with Gasteiger partial charge in [0, 0.05) is 13.8 Å². The summed E-state index contributed by atoms with van der Waals surface area (Å²) in [4.78, 5) is 48.6. The van der Waals surface area contributed by atoms with Gasteiger partial charge >= 0.3 is 0 Å². The van der Waals surface area contributed by atoms with Crippen LogP contribution in [0.15, 0.2) is 0 Å². The summed E-state index contributed by atoms with van der Waals surface area (Å²) in [6.07, 6.45) is 0.369. The smallest absolute Gasteiger partial charge is 0.252 e. The van der Waals surface area contributed by atoms with Crippen molar-refractivity contribution in [1.82, 2.24) is 9.80 Å². The van der Waals surface area contributed by atoms with Crippen LogP contribution in [0.5, 0.6) is 0 Å². The van der Waals surface area contributed by atoms with Crippen molar-refractivity contribution in [2.45, 2.75) is 40.2 Å². The Hall–Kier alpha value is -1.72. The molecule has 100 valence electrons. The van der Waals surface area contributed by atoms with E-state index in [1.165, 1.54) is 13.8 Å². The maximum Gasteiger partial charge on any atom is 0.252 e. The Balaban J connectivity index is 3.08. The average Bonchev–Trinajstić information content (AvgIpc) is 2.21. The Morgan fingerprint density at radius 1 is 1.22 bits per heavy atom. The van der Waals surface area contributed by atoms with Gasteiger partial charge in [-0.15, -0.1) is 0 Å². The molecule has 0 bridgehead atoms. The molecular formula is C12H18N2O4. The Morgan fingerprint density at radius 2 is 1.78 bits per heavy atom. The predicted molar refractivity (Wildman–Crippen MR) is 63.2 cm³/mol. The first-order chi connectivity index (χ1) is 8.25. The largest absolute Gasteiger partial charge is 0.275 e. The molecule has 1 rings (SSSR count). The molecule has 1 heterocycles. The molecule has 0 N–H and O–H groups in total. The Kier molecular flexibility index (Phi) is 4.21. The number of carbonyl (C=O) groups excluding carboxylic acids is 4. The van der Waals surface area contributed by atoms with Gasteiger partial charge in [0.1, 0.15) is 12.6 Å². The lowest BCUT2D eigenvalue weighted by molar-refractivity contribution is -0.166. The van der Waals surface area contributed by atoms with Gasteiger partial charge in [0.2, 0.25) is 17.7 Å². The van der Waals surface area contributed by atoms with Crippen LogP contribution >= 0.6 is 0 Å². The molecule has 1 aliphatic heterocycles. The van der Waals surface area contributed by atoms with Crippen LogP contribution in [0.3, 0.4) is 0 Å². The fourth-order valence-corrected chi connectivity index (χ4v) is 2.07. The predicted octanol–water partition coefficient (Wildman–Crippen LogP) is 0.165. The molecule has 0 spiro atoms. The molecule has 0 radical (unpaired) electrons. The highest BCUT2D eigenvalue weighted by atomic mass is 16.2. The topological polar surface area (TPSA) is 74.8 Å². The molecule has 1 saturated heterocycles. The van der Waals surface area contributed by atoms with E-state index in [0.29, 0.717) is 6.42 Å². The van der Waals surface area contributed by atoms with Crippen LogP contribution in [0, 0.1) is 5.92 Å². The highest BCUT2D eigenvalue weighted by molar-refractivity contribution is 6.09. The third-order valence-corrected chi connectivity index (χ3v) is 2.84. The van der Waals surface area contributed by atoms with Crippen molar-refractivity contribution >= 4 is 23.6 Å². The van der Waals surface area contributed by atoms with Crippen molar-refractivity contribution in [3.8, 4) is 0 Å². The van der Waals surface area contributed by atoms with Gasteiger partial charge < -0.3 is 0 Å². The molecule has 1 fully saturated rings. The summed E-state index contributed by atoms with van der Waals surface area (Å²) in [5.41, 5.74) is 0. The van der Waals surface area contributed by atoms with Crippen molar-refractivity contribution in [3.05, 3.63) is 0 Å². The van der Waals surface area contributed by atoms with E-state index in [0.717, 1.165) is 9.80 Å². The molecule has 18 heavy (non-hydrogen) atoms. The number of piperazine rings is 1. The minimum Gasteiger partial charge on any atom is -0.275 e. The van der Waals surface area contributed by atoms with Gasteiger partial charge in [-0.25, -0.2) is 0 Å². The number of hydrogen-bond donors (Lipinski definition) is 0. The second kappa shape index (κ2) is 5.29. The van der Waals surface area contributed by atoms with Crippen LogP contribution in [0.2, 0.25) is 0 Å². The lowest BCUT2D eigenvalue weighted by Gasteiger charge is -2.37. The molecular weight excluding hydrogens is 236 g/mol. The molecule has 0 unspecified atom stereocenters. The zero-order valence-electron chi connectivity index (χ0n) is 11.1. The molecule has 0 aliphatic carbocycles. The van der Waals surface area contributed by atoms with Gasteiger partial charge in [-0.1, -0.05) is 13.8 Å². The van der Waals surface area contributed by atoms with Gasteiger partial charge in [0.05, 0.1) is 0 Å². The van der Waals surface area contributed by atoms with E-state index < -0.39 is 29.7 Å². The quantitative estimate of drug-likeness (QED) is 0.703. The normalized spacial score (nSPS) is 20.6. The third-order valence-electron chi connectivity index (χ3n) is 2.84.